The number of hydrogen-bond acceptors (Lipinski definition) is 6. The number of ether oxygens (including phenoxy) is 1. The van der Waals surface area contributed by atoms with Crippen molar-refractivity contribution < 1.29 is 22.7 Å². The second-order valence-electron chi connectivity index (χ2n) is 8.29. The maximum Gasteiger partial charge on any atom is 0.416 e. The summed E-state index contributed by atoms with van der Waals surface area (Å²) in [4.78, 5) is 21.0. The molecule has 194 valence electrons. The van der Waals surface area contributed by atoms with Gasteiger partial charge in [-0.3, -0.25) is 0 Å². The van der Waals surface area contributed by atoms with Crippen molar-refractivity contribution >= 4 is 29.1 Å². The molecule has 6 nitrogen and oxygen atoms in total. The highest BCUT2D eigenvalue weighted by Crippen LogP contribution is 2.31. The molecule has 2 N–H and O–H groups in total. The van der Waals surface area contributed by atoms with E-state index in [-0.39, 0.29) is 23.8 Å². The van der Waals surface area contributed by atoms with Crippen LogP contribution in [-0.4, -0.2) is 35.3 Å². The van der Waals surface area contributed by atoms with Crippen LogP contribution >= 0.6 is 11.6 Å². The summed E-state index contributed by atoms with van der Waals surface area (Å²) in [6.45, 7) is 0.179. The molecular formula is C28H22ClF3N4O2. The molecule has 0 aliphatic rings. The quantitative estimate of drug-likeness (QED) is 0.189. The highest BCUT2D eigenvalue weighted by molar-refractivity contribution is 6.30. The van der Waals surface area contributed by atoms with Crippen molar-refractivity contribution in [1.82, 2.24) is 9.97 Å². The van der Waals surface area contributed by atoms with Gasteiger partial charge in [-0.1, -0.05) is 66.2 Å². The molecule has 38 heavy (non-hydrogen) atoms. The number of nitrogens with zero attached hydrogens (tertiary/aromatic N) is 2. The molecule has 3 aromatic carbocycles. The average Bonchev–Trinajstić information content (AvgIpc) is 2.93. The number of aromatic nitrogens is 2. The van der Waals surface area contributed by atoms with Gasteiger partial charge in [-0.2, -0.15) is 13.2 Å². The Hall–Kier alpha value is -4.24. The molecule has 0 fully saturated rings. The summed E-state index contributed by atoms with van der Waals surface area (Å²) in [5.74, 6) is -0.868. The Kier molecular flexibility index (Phi) is 8.07. The van der Waals surface area contributed by atoms with Gasteiger partial charge in [0, 0.05) is 35.0 Å². The topological polar surface area (TPSA) is 88.0 Å². The van der Waals surface area contributed by atoms with Gasteiger partial charge in [0.25, 0.3) is 0 Å². The largest absolute Gasteiger partial charge is 0.465 e. The Morgan fingerprint density at radius 1 is 1.03 bits per heavy atom. The molecular weight excluding hydrogens is 517 g/mol. The molecule has 0 spiro atoms. The van der Waals surface area contributed by atoms with Crippen LogP contribution < -0.4 is 5.32 Å². The van der Waals surface area contributed by atoms with Crippen LogP contribution in [0.5, 0.6) is 0 Å². The Labute approximate surface area is 222 Å². The van der Waals surface area contributed by atoms with Gasteiger partial charge < -0.3 is 15.5 Å². The molecule has 1 aromatic heterocycles. The molecule has 0 saturated heterocycles. The van der Waals surface area contributed by atoms with E-state index < -0.39 is 23.6 Å². The molecule has 0 bridgehead atoms. The molecule has 10 heteroatoms. The maximum absolute atomic E-state index is 13.0. The molecule has 4 rings (SSSR count). The van der Waals surface area contributed by atoms with Crippen LogP contribution in [0.15, 0.2) is 85.1 Å². The van der Waals surface area contributed by atoms with E-state index in [1.165, 1.54) is 25.4 Å². The van der Waals surface area contributed by atoms with E-state index in [0.717, 1.165) is 17.7 Å². The van der Waals surface area contributed by atoms with E-state index in [0.29, 0.717) is 21.9 Å². The van der Waals surface area contributed by atoms with Gasteiger partial charge in [0.05, 0.1) is 12.7 Å². The van der Waals surface area contributed by atoms with Crippen molar-refractivity contribution in [1.29, 1.82) is 5.41 Å². The standard InChI is InChI=1S/C28H22ClF3N4O2/c1-38-27(37)23-16-34-25(19-7-11-20(12-8-19)28(30,31)32)36-26(23)35-15-22(17-5-3-2-4-6-17)24(33)18-9-13-21(29)14-10-18/h2-14,16,22,33H,15H2,1H3,(H,34,35,36). The molecule has 1 atom stereocenters. The summed E-state index contributed by atoms with van der Waals surface area (Å²) in [6.07, 6.45) is -3.21. The van der Waals surface area contributed by atoms with E-state index in [1.54, 1.807) is 24.3 Å². The first kappa shape index (κ1) is 26.8. The normalized spacial score (nSPS) is 12.0. The highest BCUT2D eigenvalue weighted by atomic mass is 35.5. The molecule has 0 saturated carbocycles. The number of carbonyl (C=O) groups is 1. The number of carbonyl (C=O) groups excluding carboxylic acids is 1. The van der Waals surface area contributed by atoms with Crippen molar-refractivity contribution in [2.75, 3.05) is 19.0 Å². The van der Waals surface area contributed by atoms with E-state index in [9.17, 15) is 18.0 Å². The number of halogens is 4. The lowest BCUT2D eigenvalue weighted by molar-refractivity contribution is -0.137. The van der Waals surface area contributed by atoms with Gasteiger partial charge in [-0.25, -0.2) is 14.8 Å². The number of nitrogens with one attached hydrogen (secondary N) is 2. The van der Waals surface area contributed by atoms with Crippen molar-refractivity contribution in [3.63, 3.8) is 0 Å². The summed E-state index contributed by atoms with van der Waals surface area (Å²) < 4.78 is 43.8. The second kappa shape index (κ2) is 11.4. The number of methoxy groups -OCH3 is 1. The van der Waals surface area contributed by atoms with Gasteiger partial charge in [-0.05, 0) is 35.4 Å². The van der Waals surface area contributed by atoms with Crippen molar-refractivity contribution in [3.8, 4) is 11.4 Å². The first-order chi connectivity index (χ1) is 18.2. The second-order valence-corrected chi connectivity index (χ2v) is 8.72. The number of benzene rings is 3. The fourth-order valence-electron chi connectivity index (χ4n) is 3.82. The number of hydrogen-bond donors (Lipinski definition) is 2. The molecule has 0 radical (unpaired) electrons. The Bertz CT molecular complexity index is 1430. The predicted molar refractivity (Wildman–Crippen MR) is 140 cm³/mol. The lowest BCUT2D eigenvalue weighted by atomic mass is 9.90. The third kappa shape index (κ3) is 6.18. The summed E-state index contributed by atoms with van der Waals surface area (Å²) in [7, 11) is 1.22. The number of esters is 1. The van der Waals surface area contributed by atoms with Gasteiger partial charge in [-0.15, -0.1) is 0 Å². The monoisotopic (exact) mass is 538 g/mol. The van der Waals surface area contributed by atoms with Crippen LogP contribution in [0.4, 0.5) is 19.0 Å². The Morgan fingerprint density at radius 3 is 2.29 bits per heavy atom. The summed E-state index contributed by atoms with van der Waals surface area (Å²) in [5.41, 5.74) is 1.44. The Balaban J connectivity index is 1.67. The van der Waals surface area contributed by atoms with Crippen LogP contribution in [-0.2, 0) is 10.9 Å². The number of alkyl halides is 3. The third-order valence-electron chi connectivity index (χ3n) is 5.84. The van der Waals surface area contributed by atoms with Gasteiger partial charge in [0.1, 0.15) is 11.4 Å². The van der Waals surface area contributed by atoms with Crippen LogP contribution in [0.3, 0.4) is 0 Å². The molecule has 0 aliphatic carbocycles. The number of anilines is 1. The molecule has 1 unspecified atom stereocenters. The predicted octanol–water partition coefficient (Wildman–Crippen LogP) is 6.87. The van der Waals surface area contributed by atoms with Crippen LogP contribution in [0.1, 0.15) is 33.0 Å². The zero-order valence-corrected chi connectivity index (χ0v) is 20.8. The molecule has 1 heterocycles. The smallest absolute Gasteiger partial charge is 0.416 e. The minimum atomic E-state index is -4.47. The van der Waals surface area contributed by atoms with Crippen molar-refractivity contribution in [2.24, 2.45) is 0 Å². The SMILES string of the molecule is COC(=O)c1cnc(-c2ccc(C(F)(F)F)cc2)nc1NCC(C(=N)c1ccc(Cl)cc1)c1ccccc1. The Morgan fingerprint density at radius 2 is 1.68 bits per heavy atom. The van der Waals surface area contributed by atoms with Crippen molar-refractivity contribution in [2.45, 2.75) is 12.1 Å². The summed E-state index contributed by atoms with van der Waals surface area (Å²) in [6, 6.07) is 20.7. The van der Waals surface area contributed by atoms with E-state index in [4.69, 9.17) is 21.7 Å². The van der Waals surface area contributed by atoms with Gasteiger partial charge in [0.2, 0.25) is 0 Å². The summed E-state index contributed by atoms with van der Waals surface area (Å²) in [5, 5.41) is 12.6. The first-order valence-corrected chi connectivity index (χ1v) is 11.8. The lowest BCUT2D eigenvalue weighted by Crippen LogP contribution is -2.23. The van der Waals surface area contributed by atoms with Crippen molar-refractivity contribution in [3.05, 3.63) is 112 Å². The van der Waals surface area contributed by atoms with Crippen LogP contribution in [0.25, 0.3) is 11.4 Å². The fourth-order valence-corrected chi connectivity index (χ4v) is 3.95. The van der Waals surface area contributed by atoms with E-state index in [2.05, 4.69) is 15.3 Å². The average molecular weight is 539 g/mol. The molecule has 4 aromatic rings. The summed E-state index contributed by atoms with van der Waals surface area (Å²) >= 11 is 6.01. The zero-order chi connectivity index (χ0) is 27.3. The van der Waals surface area contributed by atoms with E-state index >= 15 is 0 Å². The minimum absolute atomic E-state index is 0.0491. The highest BCUT2D eigenvalue weighted by Gasteiger charge is 2.30. The third-order valence-corrected chi connectivity index (χ3v) is 6.10. The van der Waals surface area contributed by atoms with Crippen LogP contribution in [0.2, 0.25) is 5.02 Å². The van der Waals surface area contributed by atoms with Gasteiger partial charge >= 0.3 is 12.1 Å². The fraction of sp³-hybridized carbons (Fsp3) is 0.143. The first-order valence-electron chi connectivity index (χ1n) is 11.4. The molecule has 0 aliphatic heterocycles. The molecule has 0 amide bonds. The van der Waals surface area contributed by atoms with Crippen LogP contribution in [0, 0.1) is 5.41 Å². The van der Waals surface area contributed by atoms with Gasteiger partial charge in [0.15, 0.2) is 5.82 Å². The van der Waals surface area contributed by atoms with E-state index in [1.807, 2.05) is 30.3 Å². The lowest BCUT2D eigenvalue weighted by Gasteiger charge is -2.21. The minimum Gasteiger partial charge on any atom is -0.465 e. The zero-order valence-electron chi connectivity index (χ0n) is 20.1. The maximum atomic E-state index is 13.0. The number of rotatable bonds is 8.